The predicted octanol–water partition coefficient (Wildman–Crippen LogP) is 2.01. The Balaban J connectivity index is 2.23. The van der Waals surface area contributed by atoms with Gasteiger partial charge in [-0.25, -0.2) is 9.78 Å². The van der Waals surface area contributed by atoms with Crippen molar-refractivity contribution in [2.75, 3.05) is 0 Å². The number of furan rings is 1. The van der Waals surface area contributed by atoms with Crippen LogP contribution in [-0.4, -0.2) is 18.7 Å². The molecule has 7 heteroatoms. The molecule has 0 saturated heterocycles. The van der Waals surface area contributed by atoms with E-state index >= 15 is 0 Å². The zero-order valence-corrected chi connectivity index (χ0v) is 14.2. The van der Waals surface area contributed by atoms with E-state index in [-0.39, 0.29) is 11.2 Å². The zero-order chi connectivity index (χ0) is 17.4. The van der Waals surface area contributed by atoms with Gasteiger partial charge in [0.25, 0.3) is 5.56 Å². The number of aryl methyl sites for hydroxylation is 3. The van der Waals surface area contributed by atoms with E-state index in [9.17, 15) is 9.59 Å². The summed E-state index contributed by atoms with van der Waals surface area (Å²) in [4.78, 5) is 29.5. The predicted molar refractivity (Wildman–Crippen MR) is 93.0 cm³/mol. The van der Waals surface area contributed by atoms with Crippen LogP contribution < -0.4 is 11.2 Å². The highest BCUT2D eigenvalue weighted by atomic mass is 16.3. The Morgan fingerprint density at radius 3 is 2.42 bits per heavy atom. The number of nitrogens with zero attached hydrogens (tertiary/aromatic N) is 4. The highest BCUT2D eigenvalue weighted by molar-refractivity contribution is 5.76. The molecule has 0 unspecified atom stereocenters. The van der Waals surface area contributed by atoms with Gasteiger partial charge in [-0.2, -0.15) is 0 Å². The highest BCUT2D eigenvalue weighted by Gasteiger charge is 2.17. The van der Waals surface area contributed by atoms with Gasteiger partial charge in [0.05, 0.1) is 0 Å². The fourth-order valence-electron chi connectivity index (χ4n) is 2.79. The molecule has 3 heterocycles. The maximum Gasteiger partial charge on any atom is 0.332 e. The van der Waals surface area contributed by atoms with Gasteiger partial charge >= 0.3 is 5.69 Å². The van der Waals surface area contributed by atoms with Crippen LogP contribution in [-0.2, 0) is 20.1 Å². The first-order valence-corrected chi connectivity index (χ1v) is 7.92. The van der Waals surface area contributed by atoms with Crippen LogP contribution in [0.15, 0.2) is 26.1 Å². The zero-order valence-electron chi connectivity index (χ0n) is 14.2. The molecule has 0 atom stereocenters. The first-order valence-electron chi connectivity index (χ1n) is 7.92. The lowest BCUT2D eigenvalue weighted by molar-refractivity contribution is 0.525. The first-order chi connectivity index (χ1) is 11.5. The summed E-state index contributed by atoms with van der Waals surface area (Å²) < 4.78 is 9.96. The van der Waals surface area contributed by atoms with Gasteiger partial charge in [0, 0.05) is 20.1 Å². The molecule has 3 rings (SSSR count). The topological polar surface area (TPSA) is 75.0 Å². The van der Waals surface area contributed by atoms with Gasteiger partial charge in [-0.05, 0) is 45.1 Å². The van der Waals surface area contributed by atoms with E-state index in [0.717, 1.165) is 5.76 Å². The van der Waals surface area contributed by atoms with E-state index in [2.05, 4.69) is 4.98 Å². The molecule has 0 aliphatic heterocycles. The summed E-state index contributed by atoms with van der Waals surface area (Å²) in [6, 6.07) is 3.74. The largest absolute Gasteiger partial charge is 0.462 e. The third-order valence-corrected chi connectivity index (χ3v) is 4.07. The molecular formula is C17H20N4O3. The molecule has 0 radical (unpaired) electrons. The van der Waals surface area contributed by atoms with Gasteiger partial charge in [0.15, 0.2) is 11.2 Å². The normalized spacial score (nSPS) is 11.8. The molecule has 0 aliphatic carbocycles. The summed E-state index contributed by atoms with van der Waals surface area (Å²) >= 11 is 0. The number of fused-ring (bicyclic) bond motifs is 1. The first kappa shape index (κ1) is 16.0. The lowest BCUT2D eigenvalue weighted by atomic mass is 10.4. The van der Waals surface area contributed by atoms with Crippen molar-refractivity contribution in [2.24, 2.45) is 7.05 Å². The van der Waals surface area contributed by atoms with Gasteiger partial charge in [-0.15, -0.1) is 0 Å². The van der Waals surface area contributed by atoms with Crippen molar-refractivity contribution in [2.45, 2.75) is 33.9 Å². The Hall–Kier alpha value is -2.83. The number of rotatable bonds is 4. The molecule has 0 spiro atoms. The monoisotopic (exact) mass is 328 g/mol. The van der Waals surface area contributed by atoms with Crippen molar-refractivity contribution in [1.29, 1.82) is 0 Å². The SMILES string of the molecule is CCn1c(=O)c2c(nc(C=Cc3ccc(C)o3)n2C)n(CC)c1=O. The van der Waals surface area contributed by atoms with E-state index < -0.39 is 0 Å². The van der Waals surface area contributed by atoms with Gasteiger partial charge in [0.1, 0.15) is 17.3 Å². The summed E-state index contributed by atoms with van der Waals surface area (Å²) in [5.74, 6) is 2.12. The molecular weight excluding hydrogens is 308 g/mol. The van der Waals surface area contributed by atoms with Crippen LogP contribution in [0.5, 0.6) is 0 Å². The van der Waals surface area contributed by atoms with Crippen molar-refractivity contribution >= 4 is 23.3 Å². The Morgan fingerprint density at radius 2 is 1.83 bits per heavy atom. The van der Waals surface area contributed by atoms with Crippen molar-refractivity contribution in [1.82, 2.24) is 18.7 Å². The molecule has 3 aromatic heterocycles. The summed E-state index contributed by atoms with van der Waals surface area (Å²) in [7, 11) is 1.77. The number of imidazole rings is 1. The minimum Gasteiger partial charge on any atom is -0.462 e. The standard InChI is InChI=1S/C17H20N4O3/c1-5-20-15-14(16(22)21(6-2)17(20)23)19(4)13(18-15)10-9-12-8-7-11(3)24-12/h7-10H,5-6H2,1-4H3. The maximum atomic E-state index is 12.6. The van der Waals surface area contributed by atoms with E-state index in [1.165, 1.54) is 9.13 Å². The minimum atomic E-state index is -0.326. The Labute approximate surface area is 138 Å². The Kier molecular flexibility index (Phi) is 4.01. The third-order valence-electron chi connectivity index (χ3n) is 4.07. The van der Waals surface area contributed by atoms with Gasteiger partial charge in [-0.3, -0.25) is 13.9 Å². The van der Waals surface area contributed by atoms with E-state index in [0.29, 0.717) is 35.8 Å². The number of hydrogen-bond acceptors (Lipinski definition) is 4. The molecule has 0 aromatic carbocycles. The van der Waals surface area contributed by atoms with Crippen molar-refractivity contribution in [3.8, 4) is 0 Å². The molecule has 0 N–H and O–H groups in total. The molecule has 0 fully saturated rings. The lowest BCUT2D eigenvalue weighted by Crippen LogP contribution is -2.39. The van der Waals surface area contributed by atoms with Crippen LogP contribution >= 0.6 is 0 Å². The molecule has 24 heavy (non-hydrogen) atoms. The van der Waals surface area contributed by atoms with Crippen LogP contribution in [0, 0.1) is 6.92 Å². The molecule has 3 aromatic rings. The second-order valence-corrected chi connectivity index (χ2v) is 5.56. The van der Waals surface area contributed by atoms with Crippen molar-refractivity contribution in [3.05, 3.63) is 50.3 Å². The van der Waals surface area contributed by atoms with Crippen molar-refractivity contribution in [3.63, 3.8) is 0 Å². The van der Waals surface area contributed by atoms with Gasteiger partial charge < -0.3 is 8.98 Å². The maximum absolute atomic E-state index is 12.6. The second-order valence-electron chi connectivity index (χ2n) is 5.56. The van der Waals surface area contributed by atoms with Crippen molar-refractivity contribution < 1.29 is 4.42 Å². The van der Waals surface area contributed by atoms with Crippen LogP contribution in [0.3, 0.4) is 0 Å². The second kappa shape index (κ2) is 5.99. The summed E-state index contributed by atoms with van der Waals surface area (Å²) in [6.45, 7) is 6.30. The third kappa shape index (κ3) is 2.42. The number of hydrogen-bond donors (Lipinski definition) is 0. The Bertz CT molecular complexity index is 1050. The van der Waals surface area contributed by atoms with Gasteiger partial charge in [-0.1, -0.05) is 0 Å². The molecule has 0 aliphatic rings. The molecule has 0 amide bonds. The fourth-order valence-corrected chi connectivity index (χ4v) is 2.79. The van der Waals surface area contributed by atoms with Crippen LogP contribution in [0.2, 0.25) is 0 Å². The average Bonchev–Trinajstić information content (AvgIpc) is 3.10. The highest BCUT2D eigenvalue weighted by Crippen LogP contribution is 2.14. The molecule has 126 valence electrons. The van der Waals surface area contributed by atoms with E-state index in [1.807, 2.05) is 26.0 Å². The smallest absolute Gasteiger partial charge is 0.332 e. The van der Waals surface area contributed by atoms with Crippen LogP contribution in [0.25, 0.3) is 23.3 Å². The minimum absolute atomic E-state index is 0.314. The molecule has 7 nitrogen and oxygen atoms in total. The summed E-state index contributed by atoms with van der Waals surface area (Å²) in [6.07, 6.45) is 3.57. The van der Waals surface area contributed by atoms with E-state index in [4.69, 9.17) is 4.42 Å². The lowest BCUT2D eigenvalue weighted by Gasteiger charge is -2.07. The number of aromatic nitrogens is 4. The molecule has 0 saturated carbocycles. The van der Waals surface area contributed by atoms with Crippen LogP contribution in [0.4, 0.5) is 0 Å². The Morgan fingerprint density at radius 1 is 1.12 bits per heavy atom. The quantitative estimate of drug-likeness (QED) is 0.734. The fraction of sp³-hybridized carbons (Fsp3) is 0.353. The van der Waals surface area contributed by atoms with E-state index in [1.54, 1.807) is 30.7 Å². The summed E-state index contributed by atoms with van der Waals surface area (Å²) in [5, 5.41) is 0. The average molecular weight is 328 g/mol. The van der Waals surface area contributed by atoms with Crippen LogP contribution in [0.1, 0.15) is 31.2 Å². The summed E-state index contributed by atoms with van der Waals surface area (Å²) in [5.41, 5.74) is 0.196. The molecule has 0 bridgehead atoms. The van der Waals surface area contributed by atoms with Gasteiger partial charge in [0.2, 0.25) is 0 Å².